The van der Waals surface area contributed by atoms with Crippen LogP contribution in [0.5, 0.6) is 0 Å². The summed E-state index contributed by atoms with van der Waals surface area (Å²) >= 11 is 0. The van der Waals surface area contributed by atoms with E-state index in [1.54, 1.807) is 30.3 Å². The van der Waals surface area contributed by atoms with Crippen LogP contribution in [0.1, 0.15) is 5.56 Å². The molecule has 0 radical (unpaired) electrons. The van der Waals surface area contributed by atoms with E-state index in [0.29, 0.717) is 19.6 Å². The van der Waals surface area contributed by atoms with Crippen molar-refractivity contribution in [3.8, 4) is 0 Å². The van der Waals surface area contributed by atoms with E-state index in [0.717, 1.165) is 5.56 Å². The first-order valence-corrected chi connectivity index (χ1v) is 7.97. The molecule has 0 spiro atoms. The molecule has 1 aliphatic rings. The molecule has 110 valence electrons. The molecule has 1 N–H and O–H groups in total. The molecule has 0 bridgehead atoms. The number of piperazine rings is 1. The number of aliphatic hydroxyl groups is 1. The molecule has 1 heterocycles. The van der Waals surface area contributed by atoms with E-state index in [-0.39, 0.29) is 11.5 Å². The Hall–Kier alpha value is -1.21. The van der Waals surface area contributed by atoms with Gasteiger partial charge in [0.25, 0.3) is 0 Å². The smallest absolute Gasteiger partial charge is 0.243 e. The summed E-state index contributed by atoms with van der Waals surface area (Å²) in [6.45, 7) is 5.08. The molecule has 1 fully saturated rings. The molecule has 6 heteroatoms. The fourth-order valence-electron chi connectivity index (χ4n) is 2.37. The van der Waals surface area contributed by atoms with Crippen LogP contribution in [0.2, 0.25) is 0 Å². The summed E-state index contributed by atoms with van der Waals surface area (Å²) in [5, 5.41) is 9.43. The lowest BCUT2D eigenvalue weighted by Crippen LogP contribution is -2.55. The molecular formula is C14H20N2O3S. The zero-order valence-electron chi connectivity index (χ0n) is 11.6. The molecule has 2 rings (SSSR count). The topological polar surface area (TPSA) is 60.9 Å². The molecule has 20 heavy (non-hydrogen) atoms. The average Bonchev–Trinajstić information content (AvgIpc) is 2.46. The summed E-state index contributed by atoms with van der Waals surface area (Å²) in [4.78, 5) is 2.28. The molecular weight excluding hydrogens is 276 g/mol. The number of sulfonamides is 1. The van der Waals surface area contributed by atoms with Crippen molar-refractivity contribution in [2.24, 2.45) is 0 Å². The number of hydrogen-bond acceptors (Lipinski definition) is 4. The van der Waals surface area contributed by atoms with Gasteiger partial charge in [0.2, 0.25) is 10.0 Å². The van der Waals surface area contributed by atoms with Crippen molar-refractivity contribution in [2.45, 2.75) is 10.9 Å². The first-order chi connectivity index (χ1) is 9.48. The second-order valence-corrected chi connectivity index (χ2v) is 6.88. The Morgan fingerprint density at radius 3 is 2.55 bits per heavy atom. The van der Waals surface area contributed by atoms with Crippen LogP contribution < -0.4 is 0 Å². The Morgan fingerprint density at radius 1 is 1.35 bits per heavy atom. The van der Waals surface area contributed by atoms with E-state index in [4.69, 9.17) is 0 Å². The number of aliphatic hydroxyl groups excluding tert-OH is 1. The molecule has 1 saturated heterocycles. The van der Waals surface area contributed by atoms with Gasteiger partial charge in [-0.2, -0.15) is 4.31 Å². The quantitative estimate of drug-likeness (QED) is 0.885. The highest BCUT2D eigenvalue weighted by molar-refractivity contribution is 7.89. The van der Waals surface area contributed by atoms with Crippen molar-refractivity contribution in [2.75, 3.05) is 33.3 Å². The summed E-state index contributed by atoms with van der Waals surface area (Å²) in [6, 6.07) is 6.23. The highest BCUT2D eigenvalue weighted by atomic mass is 32.2. The lowest BCUT2D eigenvalue weighted by Gasteiger charge is -2.38. The largest absolute Gasteiger partial charge is 0.395 e. The first kappa shape index (κ1) is 15.2. The van der Waals surface area contributed by atoms with Gasteiger partial charge in [0.1, 0.15) is 0 Å². The number of likely N-dealkylation sites (N-methyl/N-ethyl adjacent to an activating group) is 1. The Morgan fingerprint density at radius 2 is 2.00 bits per heavy atom. The number of nitrogens with zero attached hydrogens (tertiary/aromatic N) is 2. The third kappa shape index (κ3) is 2.93. The van der Waals surface area contributed by atoms with Crippen LogP contribution in [-0.2, 0) is 10.0 Å². The predicted octanol–water partition coefficient (Wildman–Crippen LogP) is 0.627. The maximum Gasteiger partial charge on any atom is 0.243 e. The van der Waals surface area contributed by atoms with Crippen molar-refractivity contribution in [3.63, 3.8) is 0 Å². The van der Waals surface area contributed by atoms with E-state index in [9.17, 15) is 13.5 Å². The second-order valence-electron chi connectivity index (χ2n) is 4.99. The van der Waals surface area contributed by atoms with Crippen molar-refractivity contribution in [1.82, 2.24) is 9.21 Å². The lowest BCUT2D eigenvalue weighted by molar-refractivity contribution is 0.107. The number of rotatable bonds is 4. The molecule has 1 aliphatic heterocycles. The summed E-state index contributed by atoms with van der Waals surface area (Å²) in [5.74, 6) is 0. The molecule has 5 nitrogen and oxygen atoms in total. The van der Waals surface area contributed by atoms with Gasteiger partial charge in [-0.1, -0.05) is 24.8 Å². The van der Waals surface area contributed by atoms with Crippen molar-refractivity contribution in [1.29, 1.82) is 0 Å². The molecule has 1 aromatic rings. The van der Waals surface area contributed by atoms with Gasteiger partial charge in [-0.25, -0.2) is 8.42 Å². The normalized spacial score (nSPS) is 21.8. The second kappa shape index (κ2) is 6.05. The van der Waals surface area contributed by atoms with E-state index in [2.05, 4.69) is 6.58 Å². The summed E-state index contributed by atoms with van der Waals surface area (Å²) < 4.78 is 26.7. The maximum absolute atomic E-state index is 12.6. The Kier molecular flexibility index (Phi) is 4.59. The fraction of sp³-hybridized carbons (Fsp3) is 0.429. The van der Waals surface area contributed by atoms with Crippen molar-refractivity contribution in [3.05, 3.63) is 36.4 Å². The standard InChI is InChI=1S/C14H20N2O3S/c1-3-12-4-6-14(7-5-12)20(18,19)16-9-8-15(2)10-13(16)11-17/h3-7,13,17H,1,8-11H2,2H3. The van der Waals surface area contributed by atoms with Crippen molar-refractivity contribution >= 4 is 16.1 Å². The minimum absolute atomic E-state index is 0.172. The molecule has 1 unspecified atom stereocenters. The number of hydrogen-bond donors (Lipinski definition) is 1. The van der Waals surface area contributed by atoms with Gasteiger partial charge in [-0.05, 0) is 24.7 Å². The Labute approximate surface area is 120 Å². The van der Waals surface area contributed by atoms with Crippen LogP contribution >= 0.6 is 0 Å². The van der Waals surface area contributed by atoms with Crippen LogP contribution in [0, 0.1) is 0 Å². The summed E-state index contributed by atoms with van der Waals surface area (Å²) in [5.41, 5.74) is 0.876. The highest BCUT2D eigenvalue weighted by Gasteiger charge is 2.34. The molecule has 0 amide bonds. The van der Waals surface area contributed by atoms with E-state index < -0.39 is 16.1 Å². The van der Waals surface area contributed by atoms with Crippen molar-refractivity contribution < 1.29 is 13.5 Å². The molecule has 0 aromatic heterocycles. The Balaban J connectivity index is 2.30. The third-order valence-electron chi connectivity index (χ3n) is 3.56. The van der Waals surface area contributed by atoms with Gasteiger partial charge in [-0.15, -0.1) is 0 Å². The van der Waals surface area contributed by atoms with E-state index >= 15 is 0 Å². The predicted molar refractivity (Wildman–Crippen MR) is 78.8 cm³/mol. The van der Waals surface area contributed by atoms with Crippen LogP contribution in [0.15, 0.2) is 35.7 Å². The Bertz CT molecular complexity index is 569. The van der Waals surface area contributed by atoms with Gasteiger partial charge in [0.05, 0.1) is 17.5 Å². The highest BCUT2D eigenvalue weighted by Crippen LogP contribution is 2.21. The van der Waals surface area contributed by atoms with Gasteiger partial charge < -0.3 is 10.0 Å². The summed E-state index contributed by atoms with van der Waals surface area (Å²) in [6.07, 6.45) is 1.67. The molecule has 1 atom stereocenters. The van der Waals surface area contributed by atoms with Crippen LogP contribution in [0.4, 0.5) is 0 Å². The van der Waals surface area contributed by atoms with E-state index in [1.807, 2.05) is 11.9 Å². The maximum atomic E-state index is 12.6. The average molecular weight is 296 g/mol. The first-order valence-electron chi connectivity index (χ1n) is 6.53. The summed E-state index contributed by atoms with van der Waals surface area (Å²) in [7, 11) is -1.64. The van der Waals surface area contributed by atoms with E-state index in [1.165, 1.54) is 4.31 Å². The minimum Gasteiger partial charge on any atom is -0.395 e. The molecule has 0 saturated carbocycles. The number of benzene rings is 1. The van der Waals surface area contributed by atoms with Crippen LogP contribution in [0.25, 0.3) is 6.08 Å². The zero-order chi connectivity index (χ0) is 14.8. The molecule has 0 aliphatic carbocycles. The monoisotopic (exact) mass is 296 g/mol. The minimum atomic E-state index is -3.56. The van der Waals surface area contributed by atoms with Gasteiger partial charge >= 0.3 is 0 Å². The molecule has 1 aromatic carbocycles. The van der Waals surface area contributed by atoms with Crippen LogP contribution in [0.3, 0.4) is 0 Å². The SMILES string of the molecule is C=Cc1ccc(S(=O)(=O)N2CCN(C)CC2CO)cc1. The van der Waals surface area contributed by atoms with Gasteiger partial charge in [-0.3, -0.25) is 0 Å². The van der Waals surface area contributed by atoms with Gasteiger partial charge in [0, 0.05) is 19.6 Å². The van der Waals surface area contributed by atoms with Gasteiger partial charge in [0.15, 0.2) is 0 Å². The zero-order valence-corrected chi connectivity index (χ0v) is 12.4. The van der Waals surface area contributed by atoms with Crippen LogP contribution in [-0.4, -0.2) is 62.1 Å². The third-order valence-corrected chi connectivity index (χ3v) is 5.53. The lowest BCUT2D eigenvalue weighted by atomic mass is 10.2. The fourth-order valence-corrected chi connectivity index (χ4v) is 3.97.